The zero-order valence-corrected chi connectivity index (χ0v) is 23.8. The summed E-state index contributed by atoms with van der Waals surface area (Å²) in [5.74, 6) is 0. The van der Waals surface area contributed by atoms with Crippen LogP contribution in [0.5, 0.6) is 0 Å². The molecule has 6 nitrogen and oxygen atoms in total. The largest absolute Gasteiger partial charge is 0.467 e. The molecule has 232 valence electrons. The number of unbranched alkanes of at least 4 members (excludes halogenated alkanes) is 3. The van der Waals surface area contributed by atoms with Crippen LogP contribution in [0.2, 0.25) is 0 Å². The normalized spacial score (nSPS) is 14.3. The molecule has 19 heteroatoms. The summed E-state index contributed by atoms with van der Waals surface area (Å²) in [6.45, 7) is 7.96. The summed E-state index contributed by atoms with van der Waals surface area (Å²) in [5.41, 5.74) is 0. The van der Waals surface area contributed by atoms with E-state index in [1.165, 1.54) is 63.2 Å². The SMILES string of the molecule is CCCC[P+](CCCC)(CCCC)CCOC.O=S(=O)([N-]S(=O)(=O)C(F)(F)C(F)(F)F)C(F)(F)C(F)(F)F. The van der Waals surface area contributed by atoms with E-state index in [1.54, 1.807) is 0 Å². The van der Waals surface area contributed by atoms with Crippen LogP contribution < -0.4 is 0 Å². The molecule has 0 fully saturated rings. The van der Waals surface area contributed by atoms with E-state index in [9.17, 15) is 60.7 Å². The first-order valence-corrected chi connectivity index (χ1v) is 16.8. The van der Waals surface area contributed by atoms with Gasteiger partial charge in [0.05, 0.1) is 31.3 Å². The minimum absolute atomic E-state index is 0.422. The molecule has 0 aromatic heterocycles. The van der Waals surface area contributed by atoms with E-state index in [2.05, 4.69) is 20.8 Å². The van der Waals surface area contributed by atoms with Gasteiger partial charge in [-0.3, -0.25) is 0 Å². The zero-order valence-electron chi connectivity index (χ0n) is 21.3. The molecule has 0 aliphatic rings. The lowest BCUT2D eigenvalue weighted by molar-refractivity contribution is -0.241. The van der Waals surface area contributed by atoms with Crippen molar-refractivity contribution in [1.82, 2.24) is 0 Å². The van der Waals surface area contributed by atoms with Crippen LogP contribution >= 0.6 is 7.26 Å². The topological polar surface area (TPSA) is 91.6 Å². The molecule has 0 aromatic carbocycles. The fourth-order valence-corrected chi connectivity index (χ4v) is 10.2. The third kappa shape index (κ3) is 11.2. The van der Waals surface area contributed by atoms with Crippen molar-refractivity contribution in [3.05, 3.63) is 4.13 Å². The third-order valence-electron chi connectivity index (χ3n) is 5.23. The quantitative estimate of drug-likeness (QED) is 0.130. The average Bonchev–Trinajstić information content (AvgIpc) is 2.76. The van der Waals surface area contributed by atoms with E-state index in [0.717, 1.165) is 6.61 Å². The molecular weight excluding hydrogens is 607 g/mol. The van der Waals surface area contributed by atoms with Gasteiger partial charge in [-0.15, -0.1) is 0 Å². The van der Waals surface area contributed by atoms with Gasteiger partial charge in [-0.1, -0.05) is 40.0 Å². The highest BCUT2D eigenvalue weighted by Gasteiger charge is 2.68. The molecule has 0 atom stereocenters. The molecule has 0 unspecified atom stereocenters. The van der Waals surface area contributed by atoms with Crippen LogP contribution in [0.1, 0.15) is 59.3 Å². The monoisotopic (exact) mass is 641 g/mol. The molecular formula is C19H34F10NO5PS2. The summed E-state index contributed by atoms with van der Waals surface area (Å²) in [5, 5.41) is -14.0. The maximum Gasteiger partial charge on any atom is 0.467 e. The van der Waals surface area contributed by atoms with E-state index >= 15 is 0 Å². The summed E-state index contributed by atoms with van der Waals surface area (Å²) in [7, 11) is -14.1. The Hall–Kier alpha value is -0.450. The van der Waals surface area contributed by atoms with E-state index < -0.39 is 50.2 Å². The van der Waals surface area contributed by atoms with Crippen molar-refractivity contribution >= 4 is 27.3 Å². The Balaban J connectivity index is 0. The molecule has 0 N–H and O–H groups in total. The maximum atomic E-state index is 12.3. The summed E-state index contributed by atoms with van der Waals surface area (Å²) in [6.07, 6.45) is 0.306. The number of hydrogen-bond donors (Lipinski definition) is 0. The second kappa shape index (κ2) is 15.5. The molecule has 0 heterocycles. The summed E-state index contributed by atoms with van der Waals surface area (Å²) in [4.78, 5) is 0. The van der Waals surface area contributed by atoms with E-state index in [4.69, 9.17) is 4.74 Å². The zero-order chi connectivity index (χ0) is 30.7. The maximum absolute atomic E-state index is 12.3. The number of hydrogen-bond acceptors (Lipinski definition) is 5. The lowest BCUT2D eigenvalue weighted by Gasteiger charge is -2.31. The average molecular weight is 642 g/mol. The van der Waals surface area contributed by atoms with E-state index in [-0.39, 0.29) is 0 Å². The Kier molecular flexibility index (Phi) is 16.2. The van der Waals surface area contributed by atoms with Crippen molar-refractivity contribution in [2.75, 3.05) is 38.4 Å². The minimum atomic E-state index is -7.62. The predicted octanol–water partition coefficient (Wildman–Crippen LogP) is 7.38. The van der Waals surface area contributed by atoms with Gasteiger partial charge >= 0.3 is 22.9 Å². The van der Waals surface area contributed by atoms with Crippen molar-refractivity contribution in [2.45, 2.75) is 82.2 Å². The highest BCUT2D eigenvalue weighted by Crippen LogP contribution is 2.60. The van der Waals surface area contributed by atoms with Crippen molar-refractivity contribution < 1.29 is 65.5 Å². The van der Waals surface area contributed by atoms with Gasteiger partial charge in [-0.25, -0.2) is 16.8 Å². The molecule has 0 aliphatic heterocycles. The molecule has 0 rings (SSSR count). The summed E-state index contributed by atoms with van der Waals surface area (Å²) < 4.78 is 166. The number of nitrogens with zero attached hydrogens (tertiary/aromatic N) is 1. The lowest BCUT2D eigenvalue weighted by atomic mass is 10.4. The smallest absolute Gasteiger partial charge is 0.425 e. The molecule has 0 amide bonds. The van der Waals surface area contributed by atoms with Crippen LogP contribution in [0.15, 0.2) is 0 Å². The van der Waals surface area contributed by atoms with Crippen molar-refractivity contribution in [1.29, 1.82) is 0 Å². The van der Waals surface area contributed by atoms with Gasteiger partial charge in [0, 0.05) is 14.4 Å². The van der Waals surface area contributed by atoms with Gasteiger partial charge in [0.25, 0.3) is 0 Å². The van der Waals surface area contributed by atoms with Crippen molar-refractivity contribution in [3.63, 3.8) is 0 Å². The minimum Gasteiger partial charge on any atom is -0.425 e. The van der Waals surface area contributed by atoms with Crippen LogP contribution in [0.3, 0.4) is 0 Å². The second-order valence-electron chi connectivity index (χ2n) is 8.34. The first-order chi connectivity index (χ1) is 16.9. The molecule has 0 radical (unpaired) electrons. The first-order valence-electron chi connectivity index (χ1n) is 11.4. The molecule has 0 saturated heterocycles. The highest BCUT2D eigenvalue weighted by molar-refractivity contribution is 8.13. The van der Waals surface area contributed by atoms with Gasteiger partial charge in [0.2, 0.25) is 0 Å². The Bertz CT molecular complexity index is 803. The molecule has 0 aliphatic carbocycles. The van der Waals surface area contributed by atoms with Gasteiger partial charge in [0.1, 0.15) is 0 Å². The fraction of sp³-hybridized carbons (Fsp3) is 1.00. The van der Waals surface area contributed by atoms with Gasteiger partial charge in [-0.2, -0.15) is 43.9 Å². The van der Waals surface area contributed by atoms with Crippen LogP contribution in [0.4, 0.5) is 43.9 Å². The number of methoxy groups -OCH3 is 1. The predicted molar refractivity (Wildman–Crippen MR) is 126 cm³/mol. The van der Waals surface area contributed by atoms with Gasteiger partial charge in [0.15, 0.2) is 20.0 Å². The van der Waals surface area contributed by atoms with Crippen LogP contribution in [0.25, 0.3) is 4.13 Å². The Labute approximate surface area is 217 Å². The first kappa shape index (κ1) is 39.7. The number of alkyl halides is 10. The Morgan fingerprint density at radius 3 is 1.11 bits per heavy atom. The van der Waals surface area contributed by atoms with Crippen molar-refractivity contribution in [2.24, 2.45) is 0 Å². The molecule has 0 spiro atoms. The van der Waals surface area contributed by atoms with Gasteiger partial charge in [-0.05, 0) is 19.3 Å². The summed E-state index contributed by atoms with van der Waals surface area (Å²) in [6, 6.07) is 0. The Morgan fingerprint density at radius 2 is 0.895 bits per heavy atom. The van der Waals surface area contributed by atoms with Crippen LogP contribution in [-0.4, -0.2) is 78.1 Å². The van der Waals surface area contributed by atoms with Crippen LogP contribution in [0, 0.1) is 0 Å². The van der Waals surface area contributed by atoms with Crippen LogP contribution in [-0.2, 0) is 24.8 Å². The van der Waals surface area contributed by atoms with E-state index in [1.807, 2.05) is 7.11 Å². The summed E-state index contributed by atoms with van der Waals surface area (Å²) >= 11 is 0. The highest BCUT2D eigenvalue weighted by atomic mass is 32.3. The number of sulfonamides is 2. The van der Waals surface area contributed by atoms with E-state index in [0.29, 0.717) is 4.13 Å². The standard InChI is InChI=1S/C15H34OP.C4F10NO4S2/c1-5-8-12-17(13-9-6-2,14-10-7-3)15-11-16-4;5-1(6,7)3(11,12)20(16,17)15-21(18,19)4(13,14)2(8,9)10/h5-15H2,1-4H3;/q+1;-1. The van der Waals surface area contributed by atoms with Gasteiger partial charge < -0.3 is 8.86 Å². The fourth-order valence-electron chi connectivity index (χ4n) is 2.95. The second-order valence-corrected chi connectivity index (χ2v) is 16.3. The Morgan fingerprint density at radius 1 is 0.605 bits per heavy atom. The molecule has 0 saturated carbocycles. The van der Waals surface area contributed by atoms with Crippen molar-refractivity contribution in [3.8, 4) is 0 Å². The third-order valence-corrected chi connectivity index (χ3v) is 13.5. The number of ether oxygens (including phenoxy) is 1. The molecule has 38 heavy (non-hydrogen) atoms. The molecule has 0 aromatic rings. The lowest BCUT2D eigenvalue weighted by Crippen LogP contribution is -2.48. The number of halogens is 10. The molecule has 0 bridgehead atoms. The number of rotatable bonds is 16.